The highest BCUT2D eigenvalue weighted by atomic mass is 35.5. The van der Waals surface area contributed by atoms with Gasteiger partial charge in [0.05, 0.1) is 28.3 Å². The second kappa shape index (κ2) is 5.32. The molecule has 0 atom stereocenters. The molecule has 2 rings (SSSR count). The first-order valence-corrected chi connectivity index (χ1v) is 6.19. The lowest BCUT2D eigenvalue weighted by molar-refractivity contribution is -0.116. The smallest absolute Gasteiger partial charge is 0.246 e. The van der Waals surface area contributed by atoms with Crippen LogP contribution in [0.5, 0.6) is 0 Å². The normalized spacial score (nSPS) is 10.5. The van der Waals surface area contributed by atoms with Crippen LogP contribution < -0.4 is 11.1 Å². The van der Waals surface area contributed by atoms with Crippen LogP contribution in [0, 0.1) is 13.8 Å². The van der Waals surface area contributed by atoms with Gasteiger partial charge in [-0.05, 0) is 31.5 Å². The van der Waals surface area contributed by atoms with Gasteiger partial charge in [-0.25, -0.2) is 0 Å². The van der Waals surface area contributed by atoms with E-state index in [1.807, 2.05) is 26.0 Å². The summed E-state index contributed by atoms with van der Waals surface area (Å²) < 4.78 is 1.54. The van der Waals surface area contributed by atoms with Crippen LogP contribution in [0.4, 0.5) is 11.4 Å². The zero-order chi connectivity index (χ0) is 14.0. The lowest BCUT2D eigenvalue weighted by Gasteiger charge is -2.09. The Hall–Kier alpha value is -2.01. The number of nitrogens with one attached hydrogen (secondary N) is 1. The maximum atomic E-state index is 11.9. The van der Waals surface area contributed by atoms with E-state index in [1.54, 1.807) is 10.7 Å². The zero-order valence-electron chi connectivity index (χ0n) is 10.8. The molecule has 100 valence electrons. The Morgan fingerprint density at radius 2 is 2.21 bits per heavy atom. The summed E-state index contributed by atoms with van der Waals surface area (Å²) in [6.07, 6.45) is 1.52. The van der Waals surface area contributed by atoms with Crippen molar-refractivity contribution in [1.29, 1.82) is 0 Å². The van der Waals surface area contributed by atoms with Gasteiger partial charge in [0.1, 0.15) is 6.54 Å². The molecular weight excluding hydrogens is 264 g/mol. The minimum Gasteiger partial charge on any atom is -0.397 e. The van der Waals surface area contributed by atoms with E-state index in [2.05, 4.69) is 10.4 Å². The first-order chi connectivity index (χ1) is 8.97. The number of aromatic nitrogens is 2. The molecule has 0 aliphatic heterocycles. The Balaban J connectivity index is 2.07. The number of rotatable bonds is 3. The fourth-order valence-electron chi connectivity index (χ4n) is 1.70. The van der Waals surface area contributed by atoms with Crippen LogP contribution in [0.15, 0.2) is 24.4 Å². The number of carbonyl (C=O) groups is 1. The Bertz CT molecular complexity index is 621. The molecule has 1 amide bonds. The van der Waals surface area contributed by atoms with Gasteiger partial charge in [-0.1, -0.05) is 17.7 Å². The van der Waals surface area contributed by atoms with Crippen molar-refractivity contribution >= 4 is 28.9 Å². The molecule has 2 aromatic rings. The van der Waals surface area contributed by atoms with Crippen molar-refractivity contribution in [2.45, 2.75) is 20.4 Å². The summed E-state index contributed by atoms with van der Waals surface area (Å²) in [6, 6.07) is 5.49. The fraction of sp³-hybridized carbons (Fsp3) is 0.231. The SMILES string of the molecule is Cc1ccc(NC(=O)Cn2ncc(Cl)c2C)c(N)c1. The van der Waals surface area contributed by atoms with Crippen molar-refractivity contribution in [1.82, 2.24) is 9.78 Å². The van der Waals surface area contributed by atoms with E-state index in [0.717, 1.165) is 11.3 Å². The first kappa shape index (κ1) is 13.4. The molecular formula is C13H15ClN4O. The predicted molar refractivity (Wildman–Crippen MR) is 76.2 cm³/mol. The van der Waals surface area contributed by atoms with Gasteiger partial charge in [0.15, 0.2) is 0 Å². The summed E-state index contributed by atoms with van der Waals surface area (Å²) in [5.41, 5.74) is 8.79. The average Bonchev–Trinajstić information content (AvgIpc) is 2.65. The van der Waals surface area contributed by atoms with Gasteiger partial charge in [-0.3, -0.25) is 9.48 Å². The van der Waals surface area contributed by atoms with Crippen molar-refractivity contribution in [2.75, 3.05) is 11.1 Å². The molecule has 19 heavy (non-hydrogen) atoms. The van der Waals surface area contributed by atoms with E-state index in [-0.39, 0.29) is 12.5 Å². The topological polar surface area (TPSA) is 72.9 Å². The lowest BCUT2D eigenvalue weighted by Crippen LogP contribution is -2.20. The van der Waals surface area contributed by atoms with E-state index in [1.165, 1.54) is 6.20 Å². The number of benzene rings is 1. The number of aryl methyl sites for hydroxylation is 1. The van der Waals surface area contributed by atoms with Crippen molar-refractivity contribution < 1.29 is 4.79 Å². The maximum absolute atomic E-state index is 11.9. The minimum atomic E-state index is -0.196. The number of nitrogens with zero attached hydrogens (tertiary/aromatic N) is 2. The highest BCUT2D eigenvalue weighted by Gasteiger charge is 2.10. The molecule has 6 heteroatoms. The summed E-state index contributed by atoms with van der Waals surface area (Å²) in [7, 11) is 0. The minimum absolute atomic E-state index is 0.103. The first-order valence-electron chi connectivity index (χ1n) is 5.81. The van der Waals surface area contributed by atoms with Gasteiger partial charge < -0.3 is 11.1 Å². The molecule has 0 saturated heterocycles. The molecule has 3 N–H and O–H groups in total. The summed E-state index contributed by atoms with van der Waals surface area (Å²) in [4.78, 5) is 11.9. The van der Waals surface area contributed by atoms with E-state index in [0.29, 0.717) is 16.4 Å². The van der Waals surface area contributed by atoms with Crippen LogP contribution in [0.3, 0.4) is 0 Å². The van der Waals surface area contributed by atoms with Gasteiger partial charge >= 0.3 is 0 Å². The third-order valence-corrected chi connectivity index (χ3v) is 3.19. The molecule has 0 bridgehead atoms. The van der Waals surface area contributed by atoms with Crippen LogP contribution in [0.2, 0.25) is 5.02 Å². The second-order valence-corrected chi connectivity index (χ2v) is 4.78. The highest BCUT2D eigenvalue weighted by Crippen LogP contribution is 2.19. The monoisotopic (exact) mass is 278 g/mol. The zero-order valence-corrected chi connectivity index (χ0v) is 11.5. The number of hydrogen-bond donors (Lipinski definition) is 2. The number of nitrogen functional groups attached to an aromatic ring is 1. The van der Waals surface area contributed by atoms with Crippen LogP contribution in [0.1, 0.15) is 11.3 Å². The predicted octanol–water partition coefficient (Wildman–Crippen LogP) is 2.37. The van der Waals surface area contributed by atoms with Crippen LogP contribution in [-0.2, 0) is 11.3 Å². The Morgan fingerprint density at radius 3 is 2.79 bits per heavy atom. The lowest BCUT2D eigenvalue weighted by atomic mass is 10.2. The summed E-state index contributed by atoms with van der Waals surface area (Å²) in [5, 5.41) is 7.32. The third-order valence-electron chi connectivity index (χ3n) is 2.82. The Morgan fingerprint density at radius 1 is 1.47 bits per heavy atom. The molecule has 0 radical (unpaired) electrons. The van der Waals surface area contributed by atoms with E-state index >= 15 is 0 Å². The van der Waals surface area contributed by atoms with E-state index in [9.17, 15) is 4.79 Å². The van der Waals surface area contributed by atoms with Crippen LogP contribution in [0.25, 0.3) is 0 Å². The van der Waals surface area contributed by atoms with Crippen molar-refractivity contribution in [3.63, 3.8) is 0 Å². The number of carbonyl (C=O) groups excluding carboxylic acids is 1. The molecule has 0 spiro atoms. The van der Waals surface area contributed by atoms with Crippen molar-refractivity contribution in [3.05, 3.63) is 40.7 Å². The van der Waals surface area contributed by atoms with Gasteiger partial charge in [-0.15, -0.1) is 0 Å². The quantitative estimate of drug-likeness (QED) is 0.847. The van der Waals surface area contributed by atoms with E-state index < -0.39 is 0 Å². The van der Waals surface area contributed by atoms with E-state index in [4.69, 9.17) is 17.3 Å². The number of hydrogen-bond acceptors (Lipinski definition) is 3. The molecule has 1 heterocycles. The number of anilines is 2. The van der Waals surface area contributed by atoms with Crippen molar-refractivity contribution in [3.8, 4) is 0 Å². The molecule has 1 aromatic heterocycles. The Labute approximate surface area is 116 Å². The summed E-state index contributed by atoms with van der Waals surface area (Å²) >= 11 is 5.88. The second-order valence-electron chi connectivity index (χ2n) is 4.37. The standard InChI is InChI=1S/C13H15ClN4O/c1-8-3-4-12(11(15)5-8)17-13(19)7-18-9(2)10(14)6-16-18/h3-6H,7,15H2,1-2H3,(H,17,19). The number of nitrogens with two attached hydrogens (primary N) is 1. The van der Waals surface area contributed by atoms with Gasteiger partial charge in [0.2, 0.25) is 5.91 Å². The van der Waals surface area contributed by atoms with Crippen LogP contribution >= 0.6 is 11.6 Å². The third kappa shape index (κ3) is 3.06. The number of halogens is 1. The maximum Gasteiger partial charge on any atom is 0.246 e. The van der Waals surface area contributed by atoms with Crippen molar-refractivity contribution in [2.24, 2.45) is 0 Å². The molecule has 5 nitrogen and oxygen atoms in total. The molecule has 0 fully saturated rings. The van der Waals surface area contributed by atoms with Crippen LogP contribution in [-0.4, -0.2) is 15.7 Å². The van der Waals surface area contributed by atoms with Gasteiger partial charge in [0.25, 0.3) is 0 Å². The van der Waals surface area contributed by atoms with Gasteiger partial charge in [-0.2, -0.15) is 5.10 Å². The molecule has 0 aliphatic rings. The molecule has 0 saturated carbocycles. The number of amides is 1. The van der Waals surface area contributed by atoms with Gasteiger partial charge in [0, 0.05) is 0 Å². The molecule has 1 aromatic carbocycles. The molecule has 0 aliphatic carbocycles. The fourth-order valence-corrected chi connectivity index (χ4v) is 1.85. The summed E-state index contributed by atoms with van der Waals surface area (Å²) in [6.45, 7) is 3.85. The Kier molecular flexibility index (Phi) is 3.76. The average molecular weight is 279 g/mol. The summed E-state index contributed by atoms with van der Waals surface area (Å²) in [5.74, 6) is -0.196. The largest absolute Gasteiger partial charge is 0.397 e. The highest BCUT2D eigenvalue weighted by molar-refractivity contribution is 6.31. The molecule has 0 unspecified atom stereocenters.